The van der Waals surface area contributed by atoms with Crippen LogP contribution in [0.3, 0.4) is 0 Å². The second-order valence-electron chi connectivity index (χ2n) is 6.11. The maximum absolute atomic E-state index is 12.3. The molecule has 0 aliphatic carbocycles. The van der Waals surface area contributed by atoms with Crippen molar-refractivity contribution >= 4 is 17.4 Å². The van der Waals surface area contributed by atoms with Crippen molar-refractivity contribution in [3.8, 4) is 11.5 Å². The zero-order valence-electron chi connectivity index (χ0n) is 15.9. The topological polar surface area (TPSA) is 72.5 Å². The van der Waals surface area contributed by atoms with Gasteiger partial charge in [0.1, 0.15) is 17.3 Å². The summed E-state index contributed by atoms with van der Waals surface area (Å²) in [4.78, 5) is 16.6. The predicted octanol–water partition coefficient (Wildman–Crippen LogP) is 3.81. The molecule has 0 unspecified atom stereocenters. The van der Waals surface area contributed by atoms with Gasteiger partial charge in [0, 0.05) is 24.5 Å². The number of carbonyl (C=O) groups is 1. The predicted molar refractivity (Wildman–Crippen MR) is 110 cm³/mol. The smallest absolute Gasteiger partial charge is 0.252 e. The molecule has 0 spiro atoms. The minimum absolute atomic E-state index is 0.157. The van der Waals surface area contributed by atoms with E-state index >= 15 is 0 Å². The minimum atomic E-state index is -0.157. The standard InChI is InChI=1S/C22H23N3O3/c1-27-19-8-5-7-18(14-19)25-21-11-10-17(15-24-21)22(26)23-13-12-16-6-3-4-9-20(16)28-2/h3-11,14-15H,12-13H2,1-2H3,(H,23,26)(H,24,25). The molecule has 2 aromatic carbocycles. The van der Waals surface area contributed by atoms with Gasteiger partial charge in [-0.25, -0.2) is 4.98 Å². The van der Waals surface area contributed by atoms with Crippen molar-refractivity contribution in [3.05, 3.63) is 78.0 Å². The van der Waals surface area contributed by atoms with Gasteiger partial charge in [0.05, 0.1) is 19.8 Å². The van der Waals surface area contributed by atoms with Gasteiger partial charge < -0.3 is 20.1 Å². The Kier molecular flexibility index (Phi) is 6.46. The molecular weight excluding hydrogens is 354 g/mol. The van der Waals surface area contributed by atoms with Gasteiger partial charge in [0.25, 0.3) is 5.91 Å². The molecule has 0 fully saturated rings. The molecule has 1 amide bonds. The number of pyridine rings is 1. The summed E-state index contributed by atoms with van der Waals surface area (Å²) >= 11 is 0. The molecule has 0 saturated heterocycles. The van der Waals surface area contributed by atoms with E-state index < -0.39 is 0 Å². The van der Waals surface area contributed by atoms with Gasteiger partial charge in [-0.15, -0.1) is 0 Å². The molecule has 0 atom stereocenters. The number of rotatable bonds is 8. The van der Waals surface area contributed by atoms with Gasteiger partial charge in [-0.2, -0.15) is 0 Å². The zero-order valence-corrected chi connectivity index (χ0v) is 15.9. The van der Waals surface area contributed by atoms with E-state index in [4.69, 9.17) is 9.47 Å². The molecule has 0 bridgehead atoms. The van der Waals surface area contributed by atoms with Crippen LogP contribution in [-0.2, 0) is 6.42 Å². The molecule has 0 radical (unpaired) electrons. The number of para-hydroxylation sites is 1. The number of aromatic nitrogens is 1. The van der Waals surface area contributed by atoms with E-state index in [1.165, 1.54) is 0 Å². The highest BCUT2D eigenvalue weighted by atomic mass is 16.5. The van der Waals surface area contributed by atoms with Crippen LogP contribution in [-0.4, -0.2) is 31.7 Å². The zero-order chi connectivity index (χ0) is 19.8. The summed E-state index contributed by atoms with van der Waals surface area (Å²) < 4.78 is 10.5. The van der Waals surface area contributed by atoms with E-state index in [1.54, 1.807) is 32.5 Å². The second kappa shape index (κ2) is 9.41. The Morgan fingerprint density at radius 3 is 2.61 bits per heavy atom. The van der Waals surface area contributed by atoms with Crippen molar-refractivity contribution in [3.63, 3.8) is 0 Å². The number of methoxy groups -OCH3 is 2. The number of amides is 1. The third kappa shape index (κ3) is 5.01. The van der Waals surface area contributed by atoms with Crippen molar-refractivity contribution in [1.82, 2.24) is 10.3 Å². The van der Waals surface area contributed by atoms with E-state index in [0.717, 1.165) is 22.7 Å². The summed E-state index contributed by atoms with van der Waals surface area (Å²) in [5, 5.41) is 6.10. The first-order valence-corrected chi connectivity index (χ1v) is 8.97. The second-order valence-corrected chi connectivity index (χ2v) is 6.11. The van der Waals surface area contributed by atoms with Crippen molar-refractivity contribution in [1.29, 1.82) is 0 Å². The van der Waals surface area contributed by atoms with Crippen LogP contribution in [0.1, 0.15) is 15.9 Å². The summed E-state index contributed by atoms with van der Waals surface area (Å²) in [6.07, 6.45) is 2.25. The van der Waals surface area contributed by atoms with Crippen molar-refractivity contribution in [2.75, 3.05) is 26.1 Å². The lowest BCUT2D eigenvalue weighted by atomic mass is 10.1. The summed E-state index contributed by atoms with van der Waals surface area (Å²) in [6.45, 7) is 0.517. The number of nitrogens with one attached hydrogen (secondary N) is 2. The fourth-order valence-electron chi connectivity index (χ4n) is 2.77. The minimum Gasteiger partial charge on any atom is -0.497 e. The molecular formula is C22H23N3O3. The first-order chi connectivity index (χ1) is 13.7. The molecule has 3 aromatic rings. The Morgan fingerprint density at radius 2 is 1.86 bits per heavy atom. The quantitative estimate of drug-likeness (QED) is 0.624. The van der Waals surface area contributed by atoms with E-state index in [2.05, 4.69) is 15.6 Å². The monoisotopic (exact) mass is 377 g/mol. The Labute approximate surface area is 164 Å². The molecule has 6 nitrogen and oxygen atoms in total. The SMILES string of the molecule is COc1cccc(Nc2ccc(C(=O)NCCc3ccccc3OC)cn2)c1. The van der Waals surface area contributed by atoms with Crippen molar-refractivity contribution in [2.24, 2.45) is 0 Å². The summed E-state index contributed by atoms with van der Waals surface area (Å²) in [6, 6.07) is 18.9. The Hall–Kier alpha value is -3.54. The molecule has 0 aliphatic heterocycles. The van der Waals surface area contributed by atoms with Crippen LogP contribution in [0, 0.1) is 0 Å². The van der Waals surface area contributed by atoms with E-state index in [-0.39, 0.29) is 5.91 Å². The number of hydrogen-bond acceptors (Lipinski definition) is 5. The summed E-state index contributed by atoms with van der Waals surface area (Å²) in [5.41, 5.74) is 2.43. The first-order valence-electron chi connectivity index (χ1n) is 8.97. The average Bonchev–Trinajstić information content (AvgIpc) is 2.74. The maximum atomic E-state index is 12.3. The lowest BCUT2D eigenvalue weighted by molar-refractivity contribution is 0.0953. The van der Waals surface area contributed by atoms with Crippen LogP contribution in [0.2, 0.25) is 0 Å². The van der Waals surface area contributed by atoms with Crippen LogP contribution < -0.4 is 20.1 Å². The molecule has 1 heterocycles. The maximum Gasteiger partial charge on any atom is 0.252 e. The van der Waals surface area contributed by atoms with Crippen LogP contribution in [0.15, 0.2) is 66.9 Å². The normalized spacial score (nSPS) is 10.2. The Balaban J connectivity index is 1.54. The molecule has 2 N–H and O–H groups in total. The van der Waals surface area contributed by atoms with Crippen molar-refractivity contribution in [2.45, 2.75) is 6.42 Å². The van der Waals surface area contributed by atoms with E-state index in [9.17, 15) is 4.79 Å². The Morgan fingerprint density at radius 1 is 1.00 bits per heavy atom. The molecule has 6 heteroatoms. The number of benzene rings is 2. The van der Waals surface area contributed by atoms with Crippen LogP contribution in [0.4, 0.5) is 11.5 Å². The van der Waals surface area contributed by atoms with Crippen LogP contribution in [0.25, 0.3) is 0 Å². The van der Waals surface area contributed by atoms with E-state index in [0.29, 0.717) is 24.3 Å². The third-order valence-electron chi connectivity index (χ3n) is 4.24. The number of carbonyl (C=O) groups excluding carboxylic acids is 1. The molecule has 28 heavy (non-hydrogen) atoms. The molecule has 0 aliphatic rings. The van der Waals surface area contributed by atoms with Gasteiger partial charge in [0.15, 0.2) is 0 Å². The largest absolute Gasteiger partial charge is 0.497 e. The molecule has 1 aromatic heterocycles. The molecule has 144 valence electrons. The fourth-order valence-corrected chi connectivity index (χ4v) is 2.77. The van der Waals surface area contributed by atoms with Gasteiger partial charge in [0.2, 0.25) is 0 Å². The van der Waals surface area contributed by atoms with Gasteiger partial charge in [-0.1, -0.05) is 24.3 Å². The third-order valence-corrected chi connectivity index (χ3v) is 4.24. The van der Waals surface area contributed by atoms with Gasteiger partial charge in [-0.3, -0.25) is 4.79 Å². The van der Waals surface area contributed by atoms with Gasteiger partial charge in [-0.05, 0) is 42.3 Å². The van der Waals surface area contributed by atoms with Gasteiger partial charge >= 0.3 is 0 Å². The average molecular weight is 377 g/mol. The molecule has 3 rings (SSSR count). The van der Waals surface area contributed by atoms with Crippen LogP contribution >= 0.6 is 0 Å². The highest BCUT2D eigenvalue weighted by Crippen LogP contribution is 2.20. The number of anilines is 2. The number of ether oxygens (including phenoxy) is 2. The Bertz CT molecular complexity index is 926. The lowest BCUT2D eigenvalue weighted by Gasteiger charge is -2.10. The summed E-state index contributed by atoms with van der Waals surface area (Å²) in [7, 11) is 3.27. The molecule has 0 saturated carbocycles. The van der Waals surface area contributed by atoms with E-state index in [1.807, 2.05) is 48.5 Å². The summed E-state index contributed by atoms with van der Waals surface area (Å²) in [5.74, 6) is 2.08. The number of nitrogens with zero attached hydrogens (tertiary/aromatic N) is 1. The lowest BCUT2D eigenvalue weighted by Crippen LogP contribution is -2.25. The van der Waals surface area contributed by atoms with Crippen molar-refractivity contribution < 1.29 is 14.3 Å². The fraction of sp³-hybridized carbons (Fsp3) is 0.182. The van der Waals surface area contributed by atoms with Crippen LogP contribution in [0.5, 0.6) is 11.5 Å². The first kappa shape index (κ1) is 19.2. The number of hydrogen-bond donors (Lipinski definition) is 2. The highest BCUT2D eigenvalue weighted by Gasteiger charge is 2.07. The highest BCUT2D eigenvalue weighted by molar-refractivity contribution is 5.94.